The van der Waals surface area contributed by atoms with Crippen molar-refractivity contribution in [2.24, 2.45) is 7.05 Å². The van der Waals surface area contributed by atoms with Crippen molar-refractivity contribution in [1.82, 2.24) is 14.7 Å². The van der Waals surface area contributed by atoms with Crippen LogP contribution in [0.1, 0.15) is 21.7 Å². The van der Waals surface area contributed by atoms with Crippen LogP contribution in [-0.4, -0.2) is 47.5 Å². The number of hydrogen-bond donors (Lipinski definition) is 0. The predicted octanol–water partition coefficient (Wildman–Crippen LogP) is 0.331. The van der Waals surface area contributed by atoms with Gasteiger partial charge in [0.1, 0.15) is 0 Å². The van der Waals surface area contributed by atoms with E-state index in [9.17, 15) is 9.59 Å². The molecule has 2 heterocycles. The number of aryl methyl sites for hydroxylation is 1. The van der Waals surface area contributed by atoms with E-state index in [-0.39, 0.29) is 6.09 Å². The quantitative estimate of drug-likeness (QED) is 0.674. The summed E-state index contributed by atoms with van der Waals surface area (Å²) in [5, 5.41) is 4.15. The lowest BCUT2D eigenvalue weighted by Crippen LogP contribution is -2.36. The minimum Gasteiger partial charge on any atom is -0.464 e. The molecule has 1 aliphatic heterocycles. The molecule has 98 valence electrons. The summed E-state index contributed by atoms with van der Waals surface area (Å²) in [6.07, 6.45) is 0.198. The maximum Gasteiger partial charge on any atom is 0.409 e. The molecule has 0 fully saturated rings. The van der Waals surface area contributed by atoms with Gasteiger partial charge in [0.05, 0.1) is 26.5 Å². The van der Waals surface area contributed by atoms with E-state index in [4.69, 9.17) is 4.74 Å². The Morgan fingerprint density at radius 1 is 1.28 bits per heavy atom. The second kappa shape index (κ2) is 4.67. The average Bonchev–Trinajstić information content (AvgIpc) is 2.74. The third-order valence-corrected chi connectivity index (χ3v) is 3.06. The van der Waals surface area contributed by atoms with E-state index in [1.807, 2.05) is 0 Å². The molecule has 0 N–H and O–H groups in total. The number of hydrogen-bond acceptors (Lipinski definition) is 5. The van der Waals surface area contributed by atoms with Gasteiger partial charge in [-0.05, 0) is 6.42 Å². The number of carbonyl (C=O) groups is 2. The Labute approximate surface area is 104 Å². The maximum absolute atomic E-state index is 11.6. The number of carbonyl (C=O) groups excluding carboxylic acids is 2. The molecule has 1 aromatic rings. The van der Waals surface area contributed by atoms with Gasteiger partial charge in [0.25, 0.3) is 0 Å². The number of fused-ring (bicyclic) bond motifs is 1. The number of nitrogens with zero attached hydrogens (tertiary/aromatic N) is 3. The van der Waals surface area contributed by atoms with Crippen LogP contribution in [-0.2, 0) is 29.5 Å². The highest BCUT2D eigenvalue weighted by Gasteiger charge is 2.29. The highest BCUT2D eigenvalue weighted by Crippen LogP contribution is 2.22. The molecule has 0 atom stereocenters. The van der Waals surface area contributed by atoms with Gasteiger partial charge in [-0.15, -0.1) is 0 Å². The Balaban J connectivity index is 2.32. The first-order valence-electron chi connectivity index (χ1n) is 5.54. The molecule has 0 radical (unpaired) electrons. The summed E-state index contributed by atoms with van der Waals surface area (Å²) in [7, 11) is 4.42. The van der Waals surface area contributed by atoms with Crippen molar-refractivity contribution in [1.29, 1.82) is 0 Å². The highest BCUT2D eigenvalue weighted by atomic mass is 16.5. The molecule has 0 bridgehead atoms. The van der Waals surface area contributed by atoms with Crippen molar-refractivity contribution in [3.05, 3.63) is 17.0 Å². The zero-order valence-electron chi connectivity index (χ0n) is 10.6. The van der Waals surface area contributed by atoms with Gasteiger partial charge in [-0.1, -0.05) is 0 Å². The molecule has 18 heavy (non-hydrogen) atoms. The van der Waals surface area contributed by atoms with Crippen LogP contribution >= 0.6 is 0 Å². The van der Waals surface area contributed by atoms with Crippen molar-refractivity contribution in [2.75, 3.05) is 20.8 Å². The summed E-state index contributed by atoms with van der Waals surface area (Å²) in [6.45, 7) is 0.901. The molecule has 0 saturated heterocycles. The molecule has 0 spiro atoms. The van der Waals surface area contributed by atoms with E-state index >= 15 is 0 Å². The van der Waals surface area contributed by atoms with Gasteiger partial charge in [-0.25, -0.2) is 9.59 Å². The Morgan fingerprint density at radius 3 is 2.61 bits per heavy atom. The first-order chi connectivity index (χ1) is 8.58. The predicted molar refractivity (Wildman–Crippen MR) is 61.1 cm³/mol. The van der Waals surface area contributed by atoms with Crippen LogP contribution < -0.4 is 0 Å². The minimum absolute atomic E-state index is 0.333. The Hall–Kier alpha value is -2.05. The first-order valence-corrected chi connectivity index (χ1v) is 5.54. The molecule has 1 aliphatic rings. The first kappa shape index (κ1) is 12.4. The van der Waals surface area contributed by atoms with Crippen LogP contribution in [0.3, 0.4) is 0 Å². The van der Waals surface area contributed by atoms with Crippen LogP contribution in [0, 0.1) is 0 Å². The summed E-state index contributed by atoms with van der Waals surface area (Å²) in [6, 6.07) is 0. The average molecular weight is 253 g/mol. The molecule has 0 unspecified atom stereocenters. The van der Waals surface area contributed by atoms with Gasteiger partial charge >= 0.3 is 12.1 Å². The Bertz CT molecular complexity index is 495. The summed E-state index contributed by atoms with van der Waals surface area (Å²) in [4.78, 5) is 24.6. The normalized spacial score (nSPS) is 14.1. The SMILES string of the molecule is COC(=O)c1nn(C)c2c1CCN(C(=O)OC)C2. The molecule has 7 heteroatoms. The zero-order valence-corrected chi connectivity index (χ0v) is 10.6. The van der Waals surface area contributed by atoms with E-state index in [2.05, 4.69) is 9.84 Å². The van der Waals surface area contributed by atoms with Gasteiger partial charge < -0.3 is 14.4 Å². The van der Waals surface area contributed by atoms with Crippen LogP contribution in [0.25, 0.3) is 0 Å². The lowest BCUT2D eigenvalue weighted by Gasteiger charge is -2.26. The van der Waals surface area contributed by atoms with Gasteiger partial charge in [0.2, 0.25) is 0 Å². The fourth-order valence-electron chi connectivity index (χ4n) is 2.12. The molecule has 7 nitrogen and oxygen atoms in total. The molecular formula is C11H15N3O4. The summed E-state index contributed by atoms with van der Waals surface area (Å²) in [5.74, 6) is -0.446. The fraction of sp³-hybridized carbons (Fsp3) is 0.545. The lowest BCUT2D eigenvalue weighted by atomic mass is 10.0. The largest absolute Gasteiger partial charge is 0.464 e. The third kappa shape index (κ3) is 1.92. The van der Waals surface area contributed by atoms with E-state index in [1.54, 1.807) is 16.6 Å². The topological polar surface area (TPSA) is 73.7 Å². The molecule has 2 rings (SSSR count). The zero-order chi connectivity index (χ0) is 13.3. The highest BCUT2D eigenvalue weighted by molar-refractivity contribution is 5.89. The van der Waals surface area contributed by atoms with Crippen LogP contribution in [0.15, 0.2) is 0 Å². The summed E-state index contributed by atoms with van der Waals surface area (Å²) < 4.78 is 11.0. The standard InChI is InChI=1S/C11H15N3O4/c1-13-8-6-14(11(16)18-3)5-4-7(8)9(12-13)10(15)17-2/h4-6H2,1-3H3. The number of ether oxygens (including phenoxy) is 2. The maximum atomic E-state index is 11.6. The molecule has 0 saturated carbocycles. The Morgan fingerprint density at radius 2 is 2.00 bits per heavy atom. The molecule has 1 amide bonds. The van der Waals surface area contributed by atoms with Crippen LogP contribution in [0.4, 0.5) is 4.79 Å². The van der Waals surface area contributed by atoms with Crippen molar-refractivity contribution < 1.29 is 19.1 Å². The van der Waals surface area contributed by atoms with Gasteiger partial charge in [0, 0.05) is 19.2 Å². The van der Waals surface area contributed by atoms with Crippen molar-refractivity contribution in [2.45, 2.75) is 13.0 Å². The summed E-state index contributed by atoms with van der Waals surface area (Å²) in [5.41, 5.74) is 2.02. The molecule has 0 aromatic carbocycles. The van der Waals surface area contributed by atoms with Gasteiger partial charge in [-0.3, -0.25) is 4.68 Å². The third-order valence-electron chi connectivity index (χ3n) is 3.06. The summed E-state index contributed by atoms with van der Waals surface area (Å²) >= 11 is 0. The van der Waals surface area contributed by atoms with Crippen molar-refractivity contribution in [3.63, 3.8) is 0 Å². The number of rotatable bonds is 1. The Kier molecular flexibility index (Phi) is 3.22. The van der Waals surface area contributed by atoms with Gasteiger partial charge in [-0.2, -0.15) is 5.10 Å². The molecule has 1 aromatic heterocycles. The number of esters is 1. The minimum atomic E-state index is -0.446. The second-order valence-electron chi connectivity index (χ2n) is 4.03. The van der Waals surface area contributed by atoms with Crippen LogP contribution in [0.2, 0.25) is 0 Å². The smallest absolute Gasteiger partial charge is 0.409 e. The van der Waals surface area contributed by atoms with Crippen molar-refractivity contribution >= 4 is 12.1 Å². The number of amides is 1. The molecular weight excluding hydrogens is 238 g/mol. The van der Waals surface area contributed by atoms with E-state index in [0.29, 0.717) is 25.2 Å². The fourth-order valence-corrected chi connectivity index (χ4v) is 2.12. The van der Waals surface area contributed by atoms with Crippen LogP contribution in [0.5, 0.6) is 0 Å². The number of aromatic nitrogens is 2. The molecule has 0 aliphatic carbocycles. The van der Waals surface area contributed by atoms with E-state index in [0.717, 1.165) is 11.3 Å². The van der Waals surface area contributed by atoms with E-state index < -0.39 is 5.97 Å². The monoisotopic (exact) mass is 253 g/mol. The van der Waals surface area contributed by atoms with Crippen molar-refractivity contribution in [3.8, 4) is 0 Å². The second-order valence-corrected chi connectivity index (χ2v) is 4.03. The lowest BCUT2D eigenvalue weighted by molar-refractivity contribution is 0.0591. The van der Waals surface area contributed by atoms with Gasteiger partial charge in [0.15, 0.2) is 5.69 Å². The van der Waals surface area contributed by atoms with E-state index in [1.165, 1.54) is 14.2 Å². The number of methoxy groups -OCH3 is 2.